The molecule has 0 saturated carbocycles. The summed E-state index contributed by atoms with van der Waals surface area (Å²) in [6.07, 6.45) is -0.426. The summed E-state index contributed by atoms with van der Waals surface area (Å²) in [7, 11) is 0. The second-order valence-electron chi connectivity index (χ2n) is 10.1. The zero-order valence-corrected chi connectivity index (χ0v) is 21.1. The molecular formula is C33H30N2O2. The quantitative estimate of drug-likeness (QED) is 0.279. The summed E-state index contributed by atoms with van der Waals surface area (Å²) in [6, 6.07) is 41.1. The van der Waals surface area contributed by atoms with Gasteiger partial charge >= 0.3 is 0 Å². The van der Waals surface area contributed by atoms with Crippen LogP contribution in [0.3, 0.4) is 0 Å². The Hall–Kier alpha value is -4.18. The second-order valence-corrected chi connectivity index (χ2v) is 10.1. The standard InChI is InChI=1S/C33H30N2O2/c1-33(2,31-34-27(23-15-7-3-8-16-23)29(36-31)25-19-11-5-12-20-25)32-35-28(24-17-9-4-10-18-24)30(37-32)26-21-13-6-14-22-26/h3-22,27-30H,1-2H3/t27-,28-,29-,30+/m1/s1. The van der Waals surface area contributed by atoms with Crippen molar-refractivity contribution in [3.63, 3.8) is 0 Å². The first-order chi connectivity index (χ1) is 18.1. The zero-order chi connectivity index (χ0) is 25.2. The summed E-state index contributed by atoms with van der Waals surface area (Å²) < 4.78 is 13.3. The van der Waals surface area contributed by atoms with Crippen molar-refractivity contribution in [2.75, 3.05) is 0 Å². The van der Waals surface area contributed by atoms with Gasteiger partial charge in [-0.1, -0.05) is 121 Å². The van der Waals surface area contributed by atoms with Crippen LogP contribution >= 0.6 is 0 Å². The molecule has 2 aliphatic heterocycles. The van der Waals surface area contributed by atoms with Gasteiger partial charge in [0.15, 0.2) is 24.0 Å². The normalized spacial score (nSPS) is 23.1. The lowest BCUT2D eigenvalue weighted by Gasteiger charge is -2.26. The molecule has 4 nitrogen and oxygen atoms in total. The van der Waals surface area contributed by atoms with Crippen LogP contribution in [0.2, 0.25) is 0 Å². The fourth-order valence-electron chi connectivity index (χ4n) is 5.11. The lowest BCUT2D eigenvalue weighted by molar-refractivity contribution is 0.162. The van der Waals surface area contributed by atoms with E-state index in [-0.39, 0.29) is 24.3 Å². The fourth-order valence-corrected chi connectivity index (χ4v) is 5.11. The van der Waals surface area contributed by atoms with Crippen molar-refractivity contribution in [1.29, 1.82) is 0 Å². The van der Waals surface area contributed by atoms with Gasteiger partial charge in [0.25, 0.3) is 0 Å². The molecule has 184 valence electrons. The van der Waals surface area contributed by atoms with E-state index in [1.54, 1.807) is 0 Å². The first-order valence-electron chi connectivity index (χ1n) is 12.8. The number of hydrogen-bond donors (Lipinski definition) is 0. The third-order valence-corrected chi connectivity index (χ3v) is 7.17. The summed E-state index contributed by atoms with van der Waals surface area (Å²) in [5.74, 6) is 1.30. The number of hydrogen-bond acceptors (Lipinski definition) is 4. The molecule has 4 atom stereocenters. The van der Waals surface area contributed by atoms with Crippen molar-refractivity contribution in [3.8, 4) is 0 Å². The first-order valence-corrected chi connectivity index (χ1v) is 12.8. The van der Waals surface area contributed by atoms with Crippen LogP contribution in [0.1, 0.15) is 60.4 Å². The number of rotatable bonds is 6. The van der Waals surface area contributed by atoms with E-state index in [1.165, 1.54) is 0 Å². The summed E-state index contributed by atoms with van der Waals surface area (Å²) >= 11 is 0. The number of aliphatic imine (C=N–C) groups is 2. The van der Waals surface area contributed by atoms with Crippen LogP contribution in [0, 0.1) is 5.41 Å². The van der Waals surface area contributed by atoms with E-state index in [9.17, 15) is 0 Å². The highest BCUT2D eigenvalue weighted by atomic mass is 16.5. The molecule has 2 heterocycles. The van der Waals surface area contributed by atoms with E-state index in [0.717, 1.165) is 22.3 Å². The Morgan fingerprint density at radius 2 is 0.757 bits per heavy atom. The smallest absolute Gasteiger partial charge is 0.200 e. The zero-order valence-electron chi connectivity index (χ0n) is 21.1. The number of nitrogens with zero attached hydrogens (tertiary/aromatic N) is 2. The monoisotopic (exact) mass is 486 g/mol. The Balaban J connectivity index is 1.37. The van der Waals surface area contributed by atoms with Crippen molar-refractivity contribution in [2.45, 2.75) is 38.1 Å². The Morgan fingerprint density at radius 1 is 0.459 bits per heavy atom. The van der Waals surface area contributed by atoms with Gasteiger partial charge in [-0.3, -0.25) is 0 Å². The lowest BCUT2D eigenvalue weighted by atomic mass is 9.93. The summed E-state index contributed by atoms with van der Waals surface area (Å²) in [6.45, 7) is 4.19. The van der Waals surface area contributed by atoms with Crippen LogP contribution in [0.25, 0.3) is 0 Å². The maximum atomic E-state index is 6.66. The molecule has 6 rings (SSSR count). The minimum Gasteiger partial charge on any atom is -0.469 e. The molecule has 2 aliphatic rings. The third-order valence-electron chi connectivity index (χ3n) is 7.17. The Labute approximate surface area is 218 Å². The van der Waals surface area contributed by atoms with Gasteiger partial charge in [0, 0.05) is 0 Å². The summed E-state index contributed by atoms with van der Waals surface area (Å²) in [5.41, 5.74) is 3.81. The molecule has 0 amide bonds. The molecule has 0 aliphatic carbocycles. The van der Waals surface area contributed by atoms with Gasteiger partial charge in [-0.15, -0.1) is 0 Å². The second kappa shape index (κ2) is 9.70. The van der Waals surface area contributed by atoms with Crippen molar-refractivity contribution in [1.82, 2.24) is 0 Å². The highest BCUT2D eigenvalue weighted by Crippen LogP contribution is 2.47. The largest absolute Gasteiger partial charge is 0.469 e. The average Bonchev–Trinajstić information content (AvgIpc) is 3.62. The van der Waals surface area contributed by atoms with Gasteiger partial charge < -0.3 is 9.47 Å². The summed E-state index contributed by atoms with van der Waals surface area (Å²) in [5, 5.41) is 0. The molecule has 4 aromatic rings. The minimum absolute atomic E-state index is 0.144. The third kappa shape index (κ3) is 4.44. The van der Waals surface area contributed by atoms with Crippen molar-refractivity contribution < 1.29 is 9.47 Å². The van der Waals surface area contributed by atoms with E-state index in [2.05, 4.69) is 86.6 Å². The van der Waals surface area contributed by atoms with Gasteiger partial charge in [-0.25, -0.2) is 9.98 Å². The van der Waals surface area contributed by atoms with Crippen LogP contribution in [0.15, 0.2) is 131 Å². The minimum atomic E-state index is -0.646. The average molecular weight is 487 g/mol. The molecule has 4 aromatic carbocycles. The van der Waals surface area contributed by atoms with Crippen molar-refractivity contribution in [3.05, 3.63) is 144 Å². The number of ether oxygens (including phenoxy) is 2. The van der Waals surface area contributed by atoms with Crippen molar-refractivity contribution in [2.24, 2.45) is 15.4 Å². The molecule has 37 heavy (non-hydrogen) atoms. The topological polar surface area (TPSA) is 43.2 Å². The van der Waals surface area contributed by atoms with E-state index in [4.69, 9.17) is 19.5 Å². The molecule has 0 spiro atoms. The predicted octanol–water partition coefficient (Wildman–Crippen LogP) is 7.84. The van der Waals surface area contributed by atoms with Crippen LogP contribution < -0.4 is 0 Å². The van der Waals surface area contributed by atoms with Gasteiger partial charge in [0.05, 0.1) is 0 Å². The fraction of sp³-hybridized carbons (Fsp3) is 0.212. The maximum absolute atomic E-state index is 6.66. The van der Waals surface area contributed by atoms with E-state index >= 15 is 0 Å². The van der Waals surface area contributed by atoms with Gasteiger partial charge in [0.1, 0.15) is 17.5 Å². The lowest BCUT2D eigenvalue weighted by Crippen LogP contribution is -2.34. The molecule has 0 radical (unpaired) electrons. The number of benzene rings is 4. The molecule has 0 bridgehead atoms. The maximum Gasteiger partial charge on any atom is 0.200 e. The molecule has 4 heteroatoms. The molecule has 0 unspecified atom stereocenters. The van der Waals surface area contributed by atoms with E-state index < -0.39 is 5.41 Å². The summed E-state index contributed by atoms with van der Waals surface area (Å²) in [4.78, 5) is 10.3. The van der Waals surface area contributed by atoms with Gasteiger partial charge in [-0.2, -0.15) is 0 Å². The Bertz CT molecular complexity index is 1290. The Morgan fingerprint density at radius 3 is 1.08 bits per heavy atom. The predicted molar refractivity (Wildman–Crippen MR) is 148 cm³/mol. The van der Waals surface area contributed by atoms with Crippen LogP contribution in [0.4, 0.5) is 0 Å². The highest BCUT2D eigenvalue weighted by Gasteiger charge is 2.47. The van der Waals surface area contributed by atoms with Gasteiger partial charge in [-0.05, 0) is 36.1 Å². The molecule has 0 aromatic heterocycles. The van der Waals surface area contributed by atoms with E-state index in [1.807, 2.05) is 48.5 Å². The SMILES string of the molecule is CC(C)(C1=N[C@H](c2ccccc2)[C@@H](c2ccccc2)O1)C1=N[C@H](c2ccccc2)[C@H](c2ccccc2)O1. The first kappa shape index (κ1) is 23.2. The van der Waals surface area contributed by atoms with Crippen LogP contribution in [-0.4, -0.2) is 11.8 Å². The molecule has 0 N–H and O–H groups in total. The molecule has 0 fully saturated rings. The molecule has 0 saturated heterocycles. The van der Waals surface area contributed by atoms with Crippen LogP contribution in [-0.2, 0) is 9.47 Å². The van der Waals surface area contributed by atoms with Gasteiger partial charge in [0.2, 0.25) is 0 Å². The van der Waals surface area contributed by atoms with Crippen molar-refractivity contribution >= 4 is 11.8 Å². The van der Waals surface area contributed by atoms with Crippen LogP contribution in [0.5, 0.6) is 0 Å². The highest BCUT2D eigenvalue weighted by molar-refractivity contribution is 6.05. The van der Waals surface area contributed by atoms with E-state index in [0.29, 0.717) is 11.8 Å². The Kier molecular flexibility index (Phi) is 6.09. The molecular weight excluding hydrogens is 456 g/mol.